The Morgan fingerprint density at radius 1 is 1.20 bits per heavy atom. The fourth-order valence-corrected chi connectivity index (χ4v) is 5.43. The molecule has 5 rings (SSSR count). The van der Waals surface area contributed by atoms with Crippen molar-refractivity contribution in [1.29, 1.82) is 0 Å². The van der Waals surface area contributed by atoms with Crippen LogP contribution in [0.15, 0.2) is 51.7 Å². The molecule has 2 unspecified atom stereocenters. The number of para-hydroxylation sites is 1. The van der Waals surface area contributed by atoms with Crippen molar-refractivity contribution >= 4 is 34.4 Å². The summed E-state index contributed by atoms with van der Waals surface area (Å²) in [5, 5.41) is 16.3. The number of rotatable bonds is 5. The Balaban J connectivity index is 1.55. The van der Waals surface area contributed by atoms with E-state index in [2.05, 4.69) is 10.6 Å². The largest absolute Gasteiger partial charge is 0.478 e. The lowest BCUT2D eigenvalue weighted by molar-refractivity contribution is -0.128. The number of benzene rings is 2. The molecule has 0 aliphatic carbocycles. The zero-order valence-electron chi connectivity index (χ0n) is 19.9. The van der Waals surface area contributed by atoms with Crippen molar-refractivity contribution in [2.75, 3.05) is 29.9 Å². The number of nitrogens with zero attached hydrogens (tertiary/aromatic N) is 1. The first-order valence-electron chi connectivity index (χ1n) is 12.0. The Kier molecular flexibility index (Phi) is 5.75. The summed E-state index contributed by atoms with van der Waals surface area (Å²) in [4.78, 5) is 39.4. The van der Waals surface area contributed by atoms with Crippen LogP contribution in [0.25, 0.3) is 11.0 Å². The molecule has 2 aliphatic rings. The predicted molar refractivity (Wildman–Crippen MR) is 134 cm³/mol. The average Bonchev–Trinajstić information content (AvgIpc) is 3.17. The summed E-state index contributed by atoms with van der Waals surface area (Å²) in [6, 6.07) is 11.7. The van der Waals surface area contributed by atoms with Gasteiger partial charge in [-0.1, -0.05) is 18.2 Å². The third-order valence-corrected chi connectivity index (χ3v) is 7.24. The number of nitrogens with one attached hydrogen (secondary N) is 2. The van der Waals surface area contributed by atoms with E-state index >= 15 is 0 Å². The summed E-state index contributed by atoms with van der Waals surface area (Å²) < 4.78 is 6.38. The minimum atomic E-state index is -1.02. The van der Waals surface area contributed by atoms with Crippen LogP contribution in [0.4, 0.5) is 11.6 Å². The molecule has 0 saturated carbocycles. The maximum absolute atomic E-state index is 13.2. The molecule has 2 aliphatic heterocycles. The van der Waals surface area contributed by atoms with E-state index in [9.17, 15) is 19.5 Å². The number of carbonyl (C=O) groups excluding carboxylic acids is 1. The molecular formula is C27H29N3O5. The van der Waals surface area contributed by atoms with E-state index in [0.29, 0.717) is 42.2 Å². The normalized spacial score (nSPS) is 20.7. The lowest BCUT2D eigenvalue weighted by Crippen LogP contribution is -2.47. The van der Waals surface area contributed by atoms with Crippen molar-refractivity contribution in [3.8, 4) is 0 Å². The van der Waals surface area contributed by atoms with E-state index in [-0.39, 0.29) is 22.9 Å². The highest BCUT2D eigenvalue weighted by molar-refractivity contribution is 5.94. The molecule has 2 saturated heterocycles. The van der Waals surface area contributed by atoms with Gasteiger partial charge in [0.25, 0.3) is 0 Å². The van der Waals surface area contributed by atoms with Gasteiger partial charge in [0.05, 0.1) is 22.4 Å². The van der Waals surface area contributed by atoms with Crippen LogP contribution in [0.5, 0.6) is 0 Å². The summed E-state index contributed by atoms with van der Waals surface area (Å²) in [6.07, 6.45) is 2.47. The first-order chi connectivity index (χ1) is 16.8. The molecule has 1 aromatic heterocycles. The number of aromatic carboxylic acids is 1. The number of carboxylic acids is 1. The summed E-state index contributed by atoms with van der Waals surface area (Å²) in [5.74, 6) is -0.473. The molecular weight excluding hydrogens is 446 g/mol. The van der Waals surface area contributed by atoms with Gasteiger partial charge in [-0.2, -0.15) is 0 Å². The van der Waals surface area contributed by atoms with Crippen LogP contribution in [-0.2, 0) is 4.79 Å². The zero-order valence-corrected chi connectivity index (χ0v) is 19.9. The monoisotopic (exact) mass is 475 g/mol. The molecule has 2 aromatic carbocycles. The van der Waals surface area contributed by atoms with Gasteiger partial charge in [-0.3, -0.25) is 9.59 Å². The molecule has 3 heterocycles. The highest BCUT2D eigenvalue weighted by Crippen LogP contribution is 2.39. The van der Waals surface area contributed by atoms with E-state index in [1.807, 2.05) is 30.9 Å². The number of anilines is 2. The second-order valence-electron chi connectivity index (χ2n) is 9.71. The number of carboxylic acid groups (broad SMARTS) is 1. The molecule has 0 bridgehead atoms. The number of hydrogen-bond donors (Lipinski definition) is 3. The highest BCUT2D eigenvalue weighted by atomic mass is 16.4. The average molecular weight is 476 g/mol. The Bertz CT molecular complexity index is 1380. The van der Waals surface area contributed by atoms with Crippen LogP contribution in [0, 0.1) is 12.3 Å². The number of hydrogen-bond acceptors (Lipinski definition) is 6. The topological polar surface area (TPSA) is 112 Å². The summed E-state index contributed by atoms with van der Waals surface area (Å²) in [7, 11) is 0. The lowest BCUT2D eigenvalue weighted by atomic mass is 9.78. The third-order valence-electron chi connectivity index (χ3n) is 7.24. The molecule has 35 heavy (non-hydrogen) atoms. The van der Waals surface area contributed by atoms with E-state index in [0.717, 1.165) is 30.4 Å². The van der Waals surface area contributed by atoms with Crippen molar-refractivity contribution in [3.63, 3.8) is 0 Å². The van der Waals surface area contributed by atoms with Gasteiger partial charge in [0, 0.05) is 37.0 Å². The SMILES string of the molecule is Cc1cc(C(C)Nc2ccccc2C(=O)O)c2oc(N3CCCC4(CCNC4=O)C3)cc(=O)c2c1. The van der Waals surface area contributed by atoms with Crippen molar-refractivity contribution in [2.24, 2.45) is 5.41 Å². The number of amides is 1. The van der Waals surface area contributed by atoms with Crippen LogP contribution in [0.3, 0.4) is 0 Å². The summed E-state index contributed by atoms with van der Waals surface area (Å²) in [5.41, 5.74) is 2.24. The Morgan fingerprint density at radius 3 is 2.74 bits per heavy atom. The smallest absolute Gasteiger partial charge is 0.337 e. The summed E-state index contributed by atoms with van der Waals surface area (Å²) in [6.45, 7) is 5.75. The Hall–Kier alpha value is -3.81. The van der Waals surface area contributed by atoms with E-state index < -0.39 is 11.4 Å². The van der Waals surface area contributed by atoms with E-state index in [1.165, 1.54) is 6.07 Å². The predicted octanol–water partition coefficient (Wildman–Crippen LogP) is 4.08. The molecule has 8 heteroatoms. The third kappa shape index (κ3) is 4.13. The van der Waals surface area contributed by atoms with Gasteiger partial charge in [-0.15, -0.1) is 0 Å². The minimum Gasteiger partial charge on any atom is -0.478 e. The van der Waals surface area contributed by atoms with Gasteiger partial charge >= 0.3 is 5.97 Å². The van der Waals surface area contributed by atoms with Crippen molar-refractivity contribution in [3.05, 3.63) is 69.4 Å². The number of carbonyl (C=O) groups is 2. The second kappa shape index (κ2) is 8.76. The van der Waals surface area contributed by atoms with Crippen LogP contribution < -0.4 is 21.0 Å². The number of fused-ring (bicyclic) bond motifs is 1. The van der Waals surface area contributed by atoms with E-state index in [1.54, 1.807) is 24.3 Å². The molecule has 182 valence electrons. The van der Waals surface area contributed by atoms with Crippen molar-refractivity contribution in [1.82, 2.24) is 5.32 Å². The maximum Gasteiger partial charge on any atom is 0.337 e. The van der Waals surface area contributed by atoms with Crippen LogP contribution >= 0.6 is 0 Å². The molecule has 1 amide bonds. The van der Waals surface area contributed by atoms with Crippen LogP contribution in [0.1, 0.15) is 53.7 Å². The lowest BCUT2D eigenvalue weighted by Gasteiger charge is -2.38. The van der Waals surface area contributed by atoms with E-state index in [4.69, 9.17) is 4.42 Å². The van der Waals surface area contributed by atoms with Gasteiger partial charge in [-0.25, -0.2) is 4.79 Å². The summed E-state index contributed by atoms with van der Waals surface area (Å²) >= 11 is 0. The van der Waals surface area contributed by atoms with Gasteiger partial charge in [-0.05, 0) is 56.9 Å². The first-order valence-corrected chi connectivity index (χ1v) is 12.0. The number of piperidine rings is 1. The van der Waals surface area contributed by atoms with Gasteiger partial charge in [0.15, 0.2) is 11.3 Å². The highest BCUT2D eigenvalue weighted by Gasteiger charge is 2.45. The Morgan fingerprint density at radius 2 is 2.00 bits per heavy atom. The van der Waals surface area contributed by atoms with Gasteiger partial charge in [0.1, 0.15) is 5.58 Å². The van der Waals surface area contributed by atoms with Crippen LogP contribution in [-0.4, -0.2) is 36.6 Å². The molecule has 8 nitrogen and oxygen atoms in total. The quantitative estimate of drug-likeness (QED) is 0.510. The molecule has 3 aromatic rings. The van der Waals surface area contributed by atoms with Gasteiger partial charge in [0.2, 0.25) is 5.91 Å². The zero-order chi connectivity index (χ0) is 24.7. The molecule has 0 radical (unpaired) electrons. The minimum absolute atomic E-state index is 0.0802. The first kappa shape index (κ1) is 23.0. The standard InChI is InChI=1S/C27H29N3O5/c1-16-12-19(17(2)29-21-7-4-3-6-18(21)25(32)33)24-20(13-16)22(31)14-23(35-24)30-11-5-8-27(15-30)9-10-28-26(27)34/h3-4,6-7,12-14,17,29H,5,8-11,15H2,1-2H3,(H,28,34)(H,32,33). The fourth-order valence-electron chi connectivity index (χ4n) is 5.43. The maximum atomic E-state index is 13.2. The van der Waals surface area contributed by atoms with Gasteiger partial charge < -0.3 is 25.1 Å². The molecule has 2 atom stereocenters. The van der Waals surface area contributed by atoms with Crippen molar-refractivity contribution < 1.29 is 19.1 Å². The number of aryl methyl sites for hydroxylation is 1. The second-order valence-corrected chi connectivity index (χ2v) is 9.71. The fraction of sp³-hybridized carbons (Fsp3) is 0.370. The molecule has 3 N–H and O–H groups in total. The molecule has 2 fully saturated rings. The van der Waals surface area contributed by atoms with Crippen molar-refractivity contribution in [2.45, 2.75) is 39.2 Å². The molecule has 1 spiro atoms. The Labute approximate surface area is 202 Å². The van der Waals surface area contributed by atoms with Crippen LogP contribution in [0.2, 0.25) is 0 Å².